The Morgan fingerprint density at radius 1 is 1.25 bits per heavy atom. The summed E-state index contributed by atoms with van der Waals surface area (Å²) in [6.45, 7) is 1.56. The van der Waals surface area contributed by atoms with Crippen molar-refractivity contribution in [1.82, 2.24) is 10.0 Å². The fraction of sp³-hybridized carbons (Fsp3) is 0.300. The molecule has 0 fully saturated rings. The van der Waals surface area contributed by atoms with Crippen molar-refractivity contribution in [2.45, 2.75) is 18.8 Å². The van der Waals surface area contributed by atoms with Gasteiger partial charge in [0.25, 0.3) is 5.91 Å². The number of nitro groups is 1. The lowest BCUT2D eigenvalue weighted by Crippen LogP contribution is -2.36. The number of para-hydroxylation sites is 1. The number of thiazole rings is 1. The molecule has 0 radical (unpaired) electrons. The smallest absolute Gasteiger partial charge is 0.256 e. The van der Waals surface area contributed by atoms with Gasteiger partial charge >= 0.3 is 0 Å². The highest BCUT2D eigenvalue weighted by molar-refractivity contribution is 7.18. The monoisotopic (exact) mass is 399 g/mol. The SMILES string of the molecule is CON(C)C(=O)[C@@H](c1nc2ccccc2s1)[C@@H](C[N+](=O)[O-])c1ccc(C)cc1. The Labute approximate surface area is 166 Å². The van der Waals surface area contributed by atoms with Crippen LogP contribution in [0.5, 0.6) is 0 Å². The summed E-state index contributed by atoms with van der Waals surface area (Å²) >= 11 is 1.38. The molecule has 3 rings (SSSR count). The summed E-state index contributed by atoms with van der Waals surface area (Å²) in [5.74, 6) is -1.86. The van der Waals surface area contributed by atoms with Crippen LogP contribution >= 0.6 is 11.3 Å². The number of hydroxylamine groups is 2. The van der Waals surface area contributed by atoms with E-state index in [0.717, 1.165) is 26.4 Å². The van der Waals surface area contributed by atoms with Crippen molar-refractivity contribution in [3.05, 3.63) is 74.8 Å². The molecule has 0 aliphatic rings. The van der Waals surface area contributed by atoms with E-state index < -0.39 is 11.8 Å². The molecule has 0 N–H and O–H groups in total. The number of likely N-dealkylation sites (N-methyl/N-ethyl adjacent to an activating group) is 1. The first-order chi connectivity index (χ1) is 13.4. The van der Waals surface area contributed by atoms with Gasteiger partial charge in [0.2, 0.25) is 6.54 Å². The number of carbonyl (C=O) groups is 1. The Hall–Kier alpha value is -2.84. The number of rotatable bonds is 7. The molecule has 3 aromatic rings. The third-order valence-electron chi connectivity index (χ3n) is 4.68. The van der Waals surface area contributed by atoms with Gasteiger partial charge < -0.3 is 0 Å². The van der Waals surface area contributed by atoms with Gasteiger partial charge in [0.05, 0.1) is 23.2 Å². The van der Waals surface area contributed by atoms with Gasteiger partial charge in [-0.3, -0.25) is 19.7 Å². The van der Waals surface area contributed by atoms with Gasteiger partial charge in [0, 0.05) is 12.0 Å². The van der Waals surface area contributed by atoms with E-state index in [-0.39, 0.29) is 17.4 Å². The standard InChI is InChI=1S/C20H21N3O4S/c1-13-8-10-14(11-9-13)15(12-23(25)26)18(20(24)22(2)27-3)19-21-16-6-4-5-7-17(16)28-19/h4-11,15,18H,12H2,1-3H3/t15-,18+/m0/s1. The number of hydrogen-bond acceptors (Lipinski definition) is 6. The minimum Gasteiger partial charge on any atom is -0.275 e. The molecule has 1 amide bonds. The molecule has 8 heteroatoms. The maximum absolute atomic E-state index is 13.2. The van der Waals surface area contributed by atoms with Crippen LogP contribution in [-0.4, -0.2) is 41.6 Å². The van der Waals surface area contributed by atoms with Crippen LogP contribution in [0.2, 0.25) is 0 Å². The molecule has 0 aliphatic carbocycles. The predicted octanol–water partition coefficient (Wildman–Crippen LogP) is 3.77. The molecular formula is C20H21N3O4S. The fourth-order valence-corrected chi connectivity index (χ4v) is 4.26. The second-order valence-corrected chi connectivity index (χ2v) is 7.61. The summed E-state index contributed by atoms with van der Waals surface area (Å²) in [4.78, 5) is 33.9. The van der Waals surface area contributed by atoms with Crippen LogP contribution in [0.1, 0.15) is 28.0 Å². The average Bonchev–Trinajstić information content (AvgIpc) is 3.10. The summed E-state index contributed by atoms with van der Waals surface area (Å²) in [6, 6.07) is 15.0. The van der Waals surface area contributed by atoms with E-state index in [2.05, 4.69) is 4.98 Å². The number of fused-ring (bicyclic) bond motifs is 1. The van der Waals surface area contributed by atoms with Crippen molar-refractivity contribution in [2.24, 2.45) is 0 Å². The van der Waals surface area contributed by atoms with Gasteiger partial charge in [-0.25, -0.2) is 10.0 Å². The molecule has 28 heavy (non-hydrogen) atoms. The third kappa shape index (κ3) is 4.18. The molecule has 0 spiro atoms. The topological polar surface area (TPSA) is 85.6 Å². The van der Waals surface area contributed by atoms with Crippen molar-refractivity contribution in [2.75, 3.05) is 20.7 Å². The van der Waals surface area contributed by atoms with Crippen LogP contribution in [0.25, 0.3) is 10.2 Å². The normalized spacial score (nSPS) is 13.2. The Morgan fingerprint density at radius 3 is 2.54 bits per heavy atom. The lowest BCUT2D eigenvalue weighted by Gasteiger charge is -2.26. The molecule has 2 aromatic carbocycles. The molecule has 0 bridgehead atoms. The zero-order valence-electron chi connectivity index (χ0n) is 15.9. The van der Waals surface area contributed by atoms with Crippen LogP contribution in [0.4, 0.5) is 0 Å². The van der Waals surface area contributed by atoms with E-state index in [1.165, 1.54) is 25.5 Å². The summed E-state index contributed by atoms with van der Waals surface area (Å²) in [5.41, 5.74) is 2.54. The molecule has 0 unspecified atom stereocenters. The molecule has 1 aromatic heterocycles. The van der Waals surface area contributed by atoms with Gasteiger partial charge in [-0.05, 0) is 24.6 Å². The molecule has 1 heterocycles. The quantitative estimate of drug-likeness (QED) is 0.446. The first kappa shape index (κ1) is 19.9. The first-order valence-electron chi connectivity index (χ1n) is 8.76. The van der Waals surface area contributed by atoms with E-state index in [1.807, 2.05) is 55.5 Å². The van der Waals surface area contributed by atoms with Crippen LogP contribution in [0, 0.1) is 17.0 Å². The highest BCUT2D eigenvalue weighted by Crippen LogP contribution is 2.38. The van der Waals surface area contributed by atoms with Gasteiger partial charge in [-0.2, -0.15) is 0 Å². The Balaban J connectivity index is 2.14. The average molecular weight is 399 g/mol. The van der Waals surface area contributed by atoms with Crippen molar-refractivity contribution in [3.8, 4) is 0 Å². The second kappa shape index (κ2) is 8.45. The maximum atomic E-state index is 13.2. The first-order valence-corrected chi connectivity index (χ1v) is 9.58. The summed E-state index contributed by atoms with van der Waals surface area (Å²) in [7, 11) is 2.89. The summed E-state index contributed by atoms with van der Waals surface area (Å²) in [6.07, 6.45) is 0. The number of aryl methyl sites for hydroxylation is 1. The van der Waals surface area contributed by atoms with Crippen molar-refractivity contribution in [3.63, 3.8) is 0 Å². The Bertz CT molecular complexity index is 954. The van der Waals surface area contributed by atoms with Gasteiger partial charge in [0.15, 0.2) is 0 Å². The van der Waals surface area contributed by atoms with Crippen LogP contribution < -0.4 is 0 Å². The maximum Gasteiger partial charge on any atom is 0.256 e. The zero-order chi connectivity index (χ0) is 20.3. The van der Waals surface area contributed by atoms with Crippen molar-refractivity contribution >= 4 is 27.5 Å². The van der Waals surface area contributed by atoms with Gasteiger partial charge in [-0.15, -0.1) is 11.3 Å². The number of amides is 1. The van der Waals surface area contributed by atoms with E-state index in [9.17, 15) is 14.9 Å². The van der Waals surface area contributed by atoms with Gasteiger partial charge in [-0.1, -0.05) is 42.0 Å². The molecule has 0 saturated carbocycles. The molecule has 146 valence electrons. The molecule has 2 atom stereocenters. The molecule has 7 nitrogen and oxygen atoms in total. The Morgan fingerprint density at radius 2 is 1.93 bits per heavy atom. The highest BCUT2D eigenvalue weighted by atomic mass is 32.1. The van der Waals surface area contributed by atoms with Crippen molar-refractivity contribution in [1.29, 1.82) is 0 Å². The third-order valence-corrected chi connectivity index (χ3v) is 5.80. The Kier molecular flexibility index (Phi) is 6.01. The number of aromatic nitrogens is 1. The largest absolute Gasteiger partial charge is 0.275 e. The minimum absolute atomic E-state index is 0.367. The lowest BCUT2D eigenvalue weighted by molar-refractivity contribution is -0.483. The van der Waals surface area contributed by atoms with Crippen LogP contribution in [0.3, 0.4) is 0 Å². The van der Waals surface area contributed by atoms with Crippen LogP contribution in [0.15, 0.2) is 48.5 Å². The van der Waals surface area contributed by atoms with Gasteiger partial charge in [0.1, 0.15) is 10.9 Å². The predicted molar refractivity (Wildman–Crippen MR) is 108 cm³/mol. The summed E-state index contributed by atoms with van der Waals surface area (Å²) < 4.78 is 0.930. The highest BCUT2D eigenvalue weighted by Gasteiger charge is 2.39. The number of carbonyl (C=O) groups excluding carboxylic acids is 1. The van der Waals surface area contributed by atoms with Crippen LogP contribution in [-0.2, 0) is 9.63 Å². The molecular weight excluding hydrogens is 378 g/mol. The van der Waals surface area contributed by atoms with E-state index >= 15 is 0 Å². The van der Waals surface area contributed by atoms with E-state index in [1.54, 1.807) is 0 Å². The van der Waals surface area contributed by atoms with E-state index in [0.29, 0.717) is 5.01 Å². The lowest BCUT2D eigenvalue weighted by atomic mass is 9.85. The summed E-state index contributed by atoms with van der Waals surface area (Å²) in [5, 5.41) is 13.1. The molecule has 0 aliphatic heterocycles. The fourth-order valence-electron chi connectivity index (χ4n) is 3.14. The number of hydrogen-bond donors (Lipinski definition) is 0. The number of nitrogens with zero attached hydrogens (tertiary/aromatic N) is 3. The zero-order valence-corrected chi connectivity index (χ0v) is 16.7. The minimum atomic E-state index is -0.824. The number of benzene rings is 2. The molecule has 0 saturated heterocycles. The van der Waals surface area contributed by atoms with Crippen molar-refractivity contribution < 1.29 is 14.6 Å². The van der Waals surface area contributed by atoms with E-state index in [4.69, 9.17) is 4.84 Å². The second-order valence-electron chi connectivity index (χ2n) is 6.55.